The van der Waals surface area contributed by atoms with Crippen molar-refractivity contribution in [3.8, 4) is 0 Å². The Labute approximate surface area is 152 Å². The summed E-state index contributed by atoms with van der Waals surface area (Å²) in [5.74, 6) is 0. The second kappa shape index (κ2) is 6.74. The fourth-order valence-corrected chi connectivity index (χ4v) is 3.81. The van der Waals surface area contributed by atoms with Crippen LogP contribution in [0.5, 0.6) is 0 Å². The van der Waals surface area contributed by atoms with Gasteiger partial charge >= 0.3 is 0 Å². The Bertz CT molecular complexity index is 997. The molecule has 0 aliphatic carbocycles. The van der Waals surface area contributed by atoms with E-state index in [9.17, 15) is 4.79 Å². The molecule has 0 atom stereocenters. The molecule has 0 spiro atoms. The quantitative estimate of drug-likeness (QED) is 0.738. The normalized spacial score (nSPS) is 16.0. The van der Waals surface area contributed by atoms with E-state index in [2.05, 4.69) is 45.2 Å². The van der Waals surface area contributed by atoms with Gasteiger partial charge in [-0.25, -0.2) is 0 Å². The Hall–Kier alpha value is -2.38. The lowest BCUT2D eigenvalue weighted by Crippen LogP contribution is -2.44. The predicted octanol–water partition coefficient (Wildman–Crippen LogP) is 1.29. The fourth-order valence-electron chi connectivity index (χ4n) is 3.81. The smallest absolute Gasteiger partial charge is 0.262 e. The summed E-state index contributed by atoms with van der Waals surface area (Å²) in [6.07, 6.45) is 0.775. The maximum atomic E-state index is 13.0. The molecule has 3 N–H and O–H groups in total. The van der Waals surface area contributed by atoms with Crippen molar-refractivity contribution in [3.05, 3.63) is 34.2 Å². The topological polar surface area (TPSA) is 83.2 Å². The SMILES string of the molecule is Cc1[nH]nc2c1c(=O)n(CCCN)c1ccc(N3CCN(C)CC3)cc21. The number of hydrogen-bond donors (Lipinski definition) is 2. The van der Waals surface area contributed by atoms with E-state index >= 15 is 0 Å². The molecule has 0 bridgehead atoms. The molecule has 0 unspecified atom stereocenters. The van der Waals surface area contributed by atoms with Gasteiger partial charge in [-0.2, -0.15) is 5.10 Å². The van der Waals surface area contributed by atoms with Crippen LogP contribution in [0.1, 0.15) is 12.1 Å². The second-order valence-electron chi connectivity index (χ2n) is 7.16. The molecule has 7 nitrogen and oxygen atoms in total. The van der Waals surface area contributed by atoms with Crippen LogP contribution >= 0.6 is 0 Å². The van der Waals surface area contributed by atoms with Gasteiger partial charge in [0.25, 0.3) is 5.56 Å². The van der Waals surface area contributed by atoms with E-state index in [1.807, 2.05) is 11.5 Å². The van der Waals surface area contributed by atoms with Crippen LogP contribution in [-0.4, -0.2) is 59.4 Å². The fraction of sp³-hybridized carbons (Fsp3) is 0.474. The lowest BCUT2D eigenvalue weighted by atomic mass is 10.1. The molecule has 1 aromatic carbocycles. The number of anilines is 1. The third-order valence-electron chi connectivity index (χ3n) is 5.39. The highest BCUT2D eigenvalue weighted by Gasteiger charge is 2.18. The number of pyridine rings is 1. The van der Waals surface area contributed by atoms with Gasteiger partial charge < -0.3 is 20.1 Å². The number of nitrogens with zero attached hydrogens (tertiary/aromatic N) is 4. The monoisotopic (exact) mass is 354 g/mol. The van der Waals surface area contributed by atoms with Gasteiger partial charge in [0.2, 0.25) is 0 Å². The van der Waals surface area contributed by atoms with E-state index in [1.54, 1.807) is 0 Å². The Balaban J connectivity index is 1.90. The molecule has 26 heavy (non-hydrogen) atoms. The van der Waals surface area contributed by atoms with Gasteiger partial charge in [0, 0.05) is 49.5 Å². The lowest BCUT2D eigenvalue weighted by molar-refractivity contribution is 0.313. The zero-order valence-corrected chi connectivity index (χ0v) is 15.5. The Kier molecular flexibility index (Phi) is 4.42. The molecule has 1 fully saturated rings. The summed E-state index contributed by atoms with van der Waals surface area (Å²) in [5.41, 5.74) is 9.40. The number of aromatic nitrogens is 3. The zero-order valence-electron chi connectivity index (χ0n) is 15.5. The van der Waals surface area contributed by atoms with Gasteiger partial charge in [-0.15, -0.1) is 0 Å². The molecule has 0 radical (unpaired) electrons. The van der Waals surface area contributed by atoms with E-state index in [4.69, 9.17) is 5.73 Å². The Morgan fingerprint density at radius 2 is 2.00 bits per heavy atom. The summed E-state index contributed by atoms with van der Waals surface area (Å²) in [5, 5.41) is 9.14. The minimum atomic E-state index is 0.0135. The van der Waals surface area contributed by atoms with E-state index in [0.717, 1.165) is 54.7 Å². The molecule has 4 rings (SSSR count). The summed E-state index contributed by atoms with van der Waals surface area (Å²) in [6, 6.07) is 6.36. The first-order valence-corrected chi connectivity index (χ1v) is 9.25. The van der Waals surface area contributed by atoms with E-state index in [-0.39, 0.29) is 5.56 Å². The summed E-state index contributed by atoms with van der Waals surface area (Å²) in [6.45, 7) is 7.24. The van der Waals surface area contributed by atoms with Crippen molar-refractivity contribution >= 4 is 27.5 Å². The van der Waals surface area contributed by atoms with Gasteiger partial charge in [-0.05, 0) is 45.1 Å². The number of benzene rings is 1. The minimum absolute atomic E-state index is 0.0135. The Morgan fingerprint density at radius 1 is 1.23 bits per heavy atom. The van der Waals surface area contributed by atoms with Crippen molar-refractivity contribution in [1.29, 1.82) is 0 Å². The number of rotatable bonds is 4. The van der Waals surface area contributed by atoms with Crippen LogP contribution in [0.25, 0.3) is 21.8 Å². The van der Waals surface area contributed by atoms with Crippen LogP contribution < -0.4 is 16.2 Å². The van der Waals surface area contributed by atoms with Crippen molar-refractivity contribution in [2.24, 2.45) is 5.73 Å². The van der Waals surface area contributed by atoms with Gasteiger partial charge in [0.1, 0.15) is 5.52 Å². The van der Waals surface area contributed by atoms with Crippen LogP contribution in [0.2, 0.25) is 0 Å². The molecule has 1 saturated heterocycles. The highest BCUT2D eigenvalue weighted by Crippen LogP contribution is 2.28. The average molecular weight is 354 g/mol. The molecule has 1 aliphatic heterocycles. The van der Waals surface area contributed by atoms with Crippen molar-refractivity contribution in [1.82, 2.24) is 19.7 Å². The number of likely N-dealkylation sites (N-methyl/N-ethyl adjacent to an activating group) is 1. The van der Waals surface area contributed by atoms with Gasteiger partial charge in [-0.3, -0.25) is 9.89 Å². The summed E-state index contributed by atoms with van der Waals surface area (Å²) in [7, 11) is 2.16. The second-order valence-corrected chi connectivity index (χ2v) is 7.16. The molecule has 1 aliphatic rings. The molecular formula is C19H26N6O. The summed E-state index contributed by atoms with van der Waals surface area (Å²) >= 11 is 0. The third-order valence-corrected chi connectivity index (χ3v) is 5.39. The van der Waals surface area contributed by atoms with Gasteiger partial charge in [-0.1, -0.05) is 0 Å². The number of H-pyrrole nitrogens is 1. The number of fused-ring (bicyclic) bond motifs is 3. The number of aryl methyl sites for hydroxylation is 2. The zero-order chi connectivity index (χ0) is 18.3. The van der Waals surface area contributed by atoms with Crippen molar-refractivity contribution in [3.63, 3.8) is 0 Å². The number of nitrogens with two attached hydrogens (primary N) is 1. The number of hydrogen-bond acceptors (Lipinski definition) is 5. The third kappa shape index (κ3) is 2.77. The highest BCUT2D eigenvalue weighted by atomic mass is 16.1. The van der Waals surface area contributed by atoms with Crippen LogP contribution in [0, 0.1) is 6.92 Å². The largest absolute Gasteiger partial charge is 0.369 e. The molecule has 3 heterocycles. The molecule has 0 saturated carbocycles. The van der Waals surface area contributed by atoms with Crippen molar-refractivity contribution in [2.75, 3.05) is 44.7 Å². The van der Waals surface area contributed by atoms with Gasteiger partial charge in [0.15, 0.2) is 0 Å². The minimum Gasteiger partial charge on any atom is -0.369 e. The molecule has 138 valence electrons. The number of nitrogens with one attached hydrogen (secondary N) is 1. The van der Waals surface area contributed by atoms with E-state index in [0.29, 0.717) is 18.5 Å². The van der Waals surface area contributed by atoms with Crippen LogP contribution in [0.4, 0.5) is 5.69 Å². The summed E-state index contributed by atoms with van der Waals surface area (Å²) < 4.78 is 1.85. The van der Waals surface area contributed by atoms with E-state index < -0.39 is 0 Å². The highest BCUT2D eigenvalue weighted by molar-refractivity contribution is 6.05. The van der Waals surface area contributed by atoms with Crippen LogP contribution in [0.3, 0.4) is 0 Å². The first-order chi connectivity index (χ1) is 12.6. The molecule has 0 amide bonds. The van der Waals surface area contributed by atoms with Crippen molar-refractivity contribution < 1.29 is 0 Å². The maximum absolute atomic E-state index is 13.0. The molecular weight excluding hydrogens is 328 g/mol. The first kappa shape index (κ1) is 17.1. The molecule has 7 heteroatoms. The summed E-state index contributed by atoms with van der Waals surface area (Å²) in [4.78, 5) is 17.7. The molecule has 3 aromatic rings. The number of piperazine rings is 1. The van der Waals surface area contributed by atoms with E-state index in [1.165, 1.54) is 5.69 Å². The average Bonchev–Trinajstić information content (AvgIpc) is 3.04. The first-order valence-electron chi connectivity index (χ1n) is 9.25. The van der Waals surface area contributed by atoms with Gasteiger partial charge in [0.05, 0.1) is 10.9 Å². The molecule has 2 aromatic heterocycles. The predicted molar refractivity (Wildman–Crippen MR) is 106 cm³/mol. The maximum Gasteiger partial charge on any atom is 0.262 e. The van der Waals surface area contributed by atoms with Crippen LogP contribution in [0.15, 0.2) is 23.0 Å². The van der Waals surface area contributed by atoms with Crippen LogP contribution in [-0.2, 0) is 6.54 Å². The van der Waals surface area contributed by atoms with Crippen molar-refractivity contribution in [2.45, 2.75) is 19.9 Å². The number of aromatic amines is 1. The lowest BCUT2D eigenvalue weighted by Gasteiger charge is -2.34. The Morgan fingerprint density at radius 3 is 2.73 bits per heavy atom. The standard InChI is InChI=1S/C19H26N6O/c1-13-17-18(22-21-13)15-12-14(24-10-8-23(2)9-11-24)4-5-16(15)25(19(17)26)7-3-6-20/h4-5,12H,3,6-11,20H2,1-2H3,(H,21,22).